The first-order chi connectivity index (χ1) is 12.2. The normalized spacial score (nSPS) is 17.0. The number of ether oxygens (including phenoxy) is 1. The first kappa shape index (κ1) is 16.4. The number of fused-ring (bicyclic) bond motifs is 3. The van der Waals surface area contributed by atoms with Crippen LogP contribution in [0.1, 0.15) is 39.0 Å². The molecule has 0 bridgehead atoms. The summed E-state index contributed by atoms with van der Waals surface area (Å²) in [5.41, 5.74) is 1.83. The van der Waals surface area contributed by atoms with Crippen molar-refractivity contribution in [3.05, 3.63) is 36.4 Å². The third-order valence-electron chi connectivity index (χ3n) is 4.70. The molecule has 1 aromatic carbocycles. The van der Waals surface area contributed by atoms with E-state index in [4.69, 9.17) is 4.74 Å². The SMILES string of the molecule is CC(Sc1nnc2ccc3ccccc3n12)C(=O)OC1CCCCC1. The fraction of sp³-hybridized carbons (Fsp3) is 0.421. The van der Waals surface area contributed by atoms with Crippen LogP contribution in [0.5, 0.6) is 0 Å². The van der Waals surface area contributed by atoms with Gasteiger partial charge in [-0.25, -0.2) is 0 Å². The Kier molecular flexibility index (Phi) is 4.61. The van der Waals surface area contributed by atoms with Crippen molar-refractivity contribution in [3.8, 4) is 0 Å². The number of benzene rings is 1. The second-order valence-electron chi connectivity index (χ2n) is 6.53. The third kappa shape index (κ3) is 3.35. The topological polar surface area (TPSA) is 56.5 Å². The van der Waals surface area contributed by atoms with Gasteiger partial charge in [0.05, 0.1) is 5.52 Å². The van der Waals surface area contributed by atoms with Gasteiger partial charge in [-0.05, 0) is 56.2 Å². The number of thioether (sulfide) groups is 1. The maximum atomic E-state index is 12.4. The van der Waals surface area contributed by atoms with Crippen LogP contribution in [0, 0.1) is 0 Å². The molecule has 1 aliphatic rings. The number of esters is 1. The molecule has 130 valence electrons. The molecule has 2 aromatic heterocycles. The molecule has 3 aromatic rings. The minimum absolute atomic E-state index is 0.0836. The van der Waals surface area contributed by atoms with Crippen LogP contribution in [0.3, 0.4) is 0 Å². The highest BCUT2D eigenvalue weighted by Gasteiger charge is 2.24. The third-order valence-corrected chi connectivity index (χ3v) is 5.72. The van der Waals surface area contributed by atoms with Crippen molar-refractivity contribution in [1.29, 1.82) is 0 Å². The van der Waals surface area contributed by atoms with Crippen molar-refractivity contribution in [2.24, 2.45) is 0 Å². The van der Waals surface area contributed by atoms with Crippen molar-refractivity contribution < 1.29 is 9.53 Å². The number of aromatic nitrogens is 3. The van der Waals surface area contributed by atoms with Crippen LogP contribution in [0.2, 0.25) is 0 Å². The van der Waals surface area contributed by atoms with Gasteiger partial charge < -0.3 is 4.74 Å². The lowest BCUT2D eigenvalue weighted by Gasteiger charge is -2.23. The van der Waals surface area contributed by atoms with Gasteiger partial charge in [-0.3, -0.25) is 9.20 Å². The summed E-state index contributed by atoms with van der Waals surface area (Å²) >= 11 is 1.41. The zero-order chi connectivity index (χ0) is 17.2. The number of rotatable bonds is 4. The predicted octanol–water partition coefficient (Wildman–Crippen LogP) is 4.24. The number of carbonyl (C=O) groups is 1. The number of hydrogen-bond acceptors (Lipinski definition) is 5. The van der Waals surface area contributed by atoms with Gasteiger partial charge in [-0.1, -0.05) is 36.4 Å². The molecule has 0 aliphatic heterocycles. The molecule has 6 heteroatoms. The van der Waals surface area contributed by atoms with Gasteiger partial charge in [-0.2, -0.15) is 0 Å². The Morgan fingerprint density at radius 3 is 2.80 bits per heavy atom. The highest BCUT2D eigenvalue weighted by atomic mass is 32.2. The zero-order valence-corrected chi connectivity index (χ0v) is 15.0. The Hall–Kier alpha value is -2.08. The molecule has 0 radical (unpaired) electrons. The highest BCUT2D eigenvalue weighted by molar-refractivity contribution is 8.00. The molecule has 1 unspecified atom stereocenters. The summed E-state index contributed by atoms with van der Waals surface area (Å²) in [7, 11) is 0. The van der Waals surface area contributed by atoms with Gasteiger partial charge in [0.15, 0.2) is 10.8 Å². The van der Waals surface area contributed by atoms with Crippen molar-refractivity contribution >= 4 is 34.3 Å². The molecule has 1 atom stereocenters. The van der Waals surface area contributed by atoms with E-state index in [1.807, 2.05) is 41.7 Å². The molecule has 0 N–H and O–H groups in total. The summed E-state index contributed by atoms with van der Waals surface area (Å²) in [6.07, 6.45) is 5.61. The van der Waals surface area contributed by atoms with Crippen LogP contribution in [-0.4, -0.2) is 31.9 Å². The van der Waals surface area contributed by atoms with Gasteiger partial charge in [0.25, 0.3) is 0 Å². The lowest BCUT2D eigenvalue weighted by atomic mass is 9.98. The summed E-state index contributed by atoms with van der Waals surface area (Å²) < 4.78 is 7.69. The Morgan fingerprint density at radius 2 is 1.96 bits per heavy atom. The number of hydrogen-bond donors (Lipinski definition) is 0. The average Bonchev–Trinajstić information content (AvgIpc) is 3.06. The lowest BCUT2D eigenvalue weighted by Crippen LogP contribution is -2.26. The van der Waals surface area contributed by atoms with Crippen molar-refractivity contribution in [3.63, 3.8) is 0 Å². The largest absolute Gasteiger partial charge is 0.462 e. The number of nitrogens with zero attached hydrogens (tertiary/aromatic N) is 3. The maximum absolute atomic E-state index is 12.4. The quantitative estimate of drug-likeness (QED) is 0.517. The van der Waals surface area contributed by atoms with E-state index >= 15 is 0 Å². The van der Waals surface area contributed by atoms with Crippen LogP contribution >= 0.6 is 11.8 Å². The molecule has 2 heterocycles. The van der Waals surface area contributed by atoms with E-state index in [0.717, 1.165) is 47.4 Å². The Bertz CT molecular complexity index is 902. The van der Waals surface area contributed by atoms with Crippen molar-refractivity contribution in [2.75, 3.05) is 0 Å². The van der Waals surface area contributed by atoms with Crippen LogP contribution in [0.15, 0.2) is 41.6 Å². The van der Waals surface area contributed by atoms with Gasteiger partial charge >= 0.3 is 5.97 Å². The van der Waals surface area contributed by atoms with Crippen LogP contribution in [0.4, 0.5) is 0 Å². The summed E-state index contributed by atoms with van der Waals surface area (Å²) in [6, 6.07) is 12.1. The van der Waals surface area contributed by atoms with Crippen LogP contribution < -0.4 is 0 Å². The first-order valence-electron chi connectivity index (χ1n) is 8.82. The second-order valence-corrected chi connectivity index (χ2v) is 7.83. The Morgan fingerprint density at radius 1 is 1.16 bits per heavy atom. The highest BCUT2D eigenvalue weighted by Crippen LogP contribution is 2.28. The maximum Gasteiger partial charge on any atom is 0.319 e. The molecule has 1 fully saturated rings. The van der Waals surface area contributed by atoms with E-state index < -0.39 is 0 Å². The van der Waals surface area contributed by atoms with Gasteiger partial charge in [-0.15, -0.1) is 10.2 Å². The lowest BCUT2D eigenvalue weighted by molar-refractivity contribution is -0.149. The minimum atomic E-state index is -0.312. The summed E-state index contributed by atoms with van der Waals surface area (Å²) in [4.78, 5) is 12.4. The van der Waals surface area contributed by atoms with Gasteiger partial charge in [0.1, 0.15) is 11.4 Å². The van der Waals surface area contributed by atoms with Crippen molar-refractivity contribution in [2.45, 2.75) is 55.5 Å². The molecule has 5 nitrogen and oxygen atoms in total. The number of carbonyl (C=O) groups excluding carboxylic acids is 1. The Labute approximate surface area is 150 Å². The summed E-state index contributed by atoms with van der Waals surface area (Å²) in [5, 5.41) is 10.0. The predicted molar refractivity (Wildman–Crippen MR) is 98.8 cm³/mol. The fourth-order valence-electron chi connectivity index (χ4n) is 3.34. The number of para-hydroxylation sites is 1. The van der Waals surface area contributed by atoms with Gasteiger partial charge in [0, 0.05) is 0 Å². The van der Waals surface area contributed by atoms with E-state index in [1.165, 1.54) is 18.2 Å². The Balaban J connectivity index is 1.55. The molecule has 0 spiro atoms. The van der Waals surface area contributed by atoms with E-state index in [0.29, 0.717) is 0 Å². The summed E-state index contributed by atoms with van der Waals surface area (Å²) in [5.74, 6) is -0.158. The van der Waals surface area contributed by atoms with E-state index in [2.05, 4.69) is 16.3 Å². The smallest absolute Gasteiger partial charge is 0.319 e. The van der Waals surface area contributed by atoms with E-state index in [9.17, 15) is 4.79 Å². The molecule has 25 heavy (non-hydrogen) atoms. The molecule has 0 saturated heterocycles. The fourth-order valence-corrected chi connectivity index (χ4v) is 4.19. The standard InChI is InChI=1S/C19H21N3O2S/c1-13(18(23)24-15-8-3-2-4-9-15)25-19-21-20-17-12-11-14-7-5-6-10-16(14)22(17)19/h5-7,10-13,15H,2-4,8-9H2,1H3. The average molecular weight is 355 g/mol. The van der Waals surface area contributed by atoms with Crippen LogP contribution in [0.25, 0.3) is 16.6 Å². The van der Waals surface area contributed by atoms with Gasteiger partial charge in [0.2, 0.25) is 0 Å². The molecular weight excluding hydrogens is 334 g/mol. The minimum Gasteiger partial charge on any atom is -0.462 e. The monoisotopic (exact) mass is 355 g/mol. The van der Waals surface area contributed by atoms with E-state index in [-0.39, 0.29) is 17.3 Å². The molecule has 4 rings (SSSR count). The second kappa shape index (κ2) is 7.04. The zero-order valence-electron chi connectivity index (χ0n) is 14.2. The molecule has 1 aliphatic carbocycles. The van der Waals surface area contributed by atoms with Crippen LogP contribution in [-0.2, 0) is 9.53 Å². The summed E-state index contributed by atoms with van der Waals surface area (Å²) in [6.45, 7) is 1.88. The van der Waals surface area contributed by atoms with E-state index in [1.54, 1.807) is 0 Å². The molecular formula is C19H21N3O2S. The first-order valence-corrected chi connectivity index (χ1v) is 9.70. The van der Waals surface area contributed by atoms with Crippen molar-refractivity contribution in [1.82, 2.24) is 14.6 Å². The number of pyridine rings is 1. The molecule has 0 amide bonds. The molecule has 1 saturated carbocycles.